The maximum atomic E-state index is 12.2. The summed E-state index contributed by atoms with van der Waals surface area (Å²) in [5.74, 6) is 1.85. The number of ketones is 1. The van der Waals surface area contributed by atoms with Gasteiger partial charge in [0.1, 0.15) is 11.6 Å². The van der Waals surface area contributed by atoms with Crippen LogP contribution in [-0.4, -0.2) is 25.8 Å². The van der Waals surface area contributed by atoms with Crippen LogP contribution >= 0.6 is 0 Å². The maximum absolute atomic E-state index is 12.2. The van der Waals surface area contributed by atoms with Crippen LogP contribution in [0.2, 0.25) is 0 Å². The smallest absolute Gasteiger partial charge is 0.216 e. The zero-order valence-electron chi connectivity index (χ0n) is 33.4. The molecule has 3 heterocycles. The van der Waals surface area contributed by atoms with Crippen LogP contribution in [0.1, 0.15) is 118 Å². The van der Waals surface area contributed by atoms with Gasteiger partial charge in [0.2, 0.25) is 5.71 Å². The van der Waals surface area contributed by atoms with Crippen LogP contribution in [0, 0.1) is 29.7 Å². The van der Waals surface area contributed by atoms with Crippen LogP contribution in [0.3, 0.4) is 0 Å². The molecule has 53 heavy (non-hydrogen) atoms. The molecule has 0 aliphatic carbocycles. The molecule has 6 nitrogen and oxygen atoms in total. The fraction of sp³-hybridized carbons (Fsp3) is 0.435. The summed E-state index contributed by atoms with van der Waals surface area (Å²) in [6.45, 7) is 22.9. The van der Waals surface area contributed by atoms with E-state index in [0.717, 1.165) is 82.1 Å². The SMILES string of the molecule is CCC(C)(CC)C(=O)/C=C(\O)C(C)(CC)CC.Cc1ccc2c(n1)oc1c(-c3nc(C(C)C)nc4c3ccc3cccc(CC(C)C)c34)[c-]ccc12.[Ir]. The Balaban J connectivity index is 0.000000299. The molecule has 0 saturated carbocycles. The second kappa shape index (κ2) is 17.0. The molecular weight excluding hydrogens is 835 g/mol. The average molecular weight is 891 g/mol. The average Bonchev–Trinajstić information content (AvgIpc) is 3.51. The molecule has 1 N–H and O–H groups in total. The molecule has 0 aliphatic heterocycles. The van der Waals surface area contributed by atoms with Crippen molar-refractivity contribution in [3.05, 3.63) is 89.6 Å². The summed E-state index contributed by atoms with van der Waals surface area (Å²) in [7, 11) is 0. The van der Waals surface area contributed by atoms with E-state index < -0.39 is 0 Å². The van der Waals surface area contributed by atoms with Gasteiger partial charge in [0.05, 0.1) is 11.1 Å². The minimum absolute atomic E-state index is 0. The molecule has 283 valence electrons. The van der Waals surface area contributed by atoms with Gasteiger partial charge >= 0.3 is 0 Å². The number of aliphatic hydroxyl groups is 1. The number of pyridine rings is 1. The monoisotopic (exact) mass is 891 g/mol. The van der Waals surface area contributed by atoms with E-state index in [4.69, 9.17) is 14.4 Å². The number of benzene rings is 3. The molecule has 7 heteroatoms. The minimum Gasteiger partial charge on any atom is -0.512 e. The Bertz CT molecular complexity index is 2260. The molecule has 0 atom stereocenters. The minimum atomic E-state index is -0.337. The Morgan fingerprint density at radius 2 is 1.51 bits per heavy atom. The van der Waals surface area contributed by atoms with Gasteiger partial charge in [0.25, 0.3) is 0 Å². The van der Waals surface area contributed by atoms with Crippen molar-refractivity contribution in [1.82, 2.24) is 15.0 Å². The van der Waals surface area contributed by atoms with Crippen molar-refractivity contribution >= 4 is 49.5 Å². The number of nitrogens with zero attached hydrogens (tertiary/aromatic N) is 3. The van der Waals surface area contributed by atoms with E-state index in [2.05, 4.69) is 75.1 Å². The Morgan fingerprint density at radius 1 is 0.849 bits per heavy atom. The second-order valence-corrected chi connectivity index (χ2v) is 15.6. The van der Waals surface area contributed by atoms with Crippen molar-refractivity contribution < 1.29 is 34.4 Å². The zero-order chi connectivity index (χ0) is 38.0. The van der Waals surface area contributed by atoms with Crippen molar-refractivity contribution in [3.8, 4) is 11.3 Å². The molecule has 0 aliphatic rings. The van der Waals surface area contributed by atoms with Crippen molar-refractivity contribution in [1.29, 1.82) is 0 Å². The quantitative estimate of drug-likeness (QED) is 0.0603. The van der Waals surface area contributed by atoms with Crippen LogP contribution in [0.4, 0.5) is 0 Å². The van der Waals surface area contributed by atoms with E-state index >= 15 is 0 Å². The molecule has 0 unspecified atom stereocenters. The third kappa shape index (κ3) is 8.42. The van der Waals surface area contributed by atoms with E-state index in [0.29, 0.717) is 11.6 Å². The summed E-state index contributed by atoms with van der Waals surface area (Å²) in [5, 5.41) is 15.6. The first-order chi connectivity index (χ1) is 24.7. The number of fused-ring (bicyclic) bond motifs is 6. The molecule has 0 amide bonds. The van der Waals surface area contributed by atoms with E-state index in [1.807, 2.05) is 66.7 Å². The van der Waals surface area contributed by atoms with E-state index in [1.54, 1.807) is 0 Å². The molecule has 0 spiro atoms. The van der Waals surface area contributed by atoms with Gasteiger partial charge in [-0.15, -0.1) is 18.2 Å². The summed E-state index contributed by atoms with van der Waals surface area (Å²) in [6, 6.07) is 22.4. The Labute approximate surface area is 329 Å². The first-order valence-corrected chi connectivity index (χ1v) is 19.1. The zero-order valence-corrected chi connectivity index (χ0v) is 35.8. The van der Waals surface area contributed by atoms with Gasteiger partial charge < -0.3 is 9.52 Å². The Kier molecular flexibility index (Phi) is 13.4. The van der Waals surface area contributed by atoms with E-state index in [9.17, 15) is 9.90 Å². The van der Waals surface area contributed by atoms with Gasteiger partial charge in [-0.1, -0.05) is 111 Å². The molecule has 0 fully saturated rings. The molecule has 3 aromatic carbocycles. The number of allylic oxidation sites excluding steroid dienone is 2. The van der Waals surface area contributed by atoms with Crippen molar-refractivity contribution in [2.45, 2.75) is 114 Å². The number of aliphatic hydroxyl groups excluding tert-OH is 1. The first-order valence-electron chi connectivity index (χ1n) is 19.1. The Hall–Kier alpha value is -3.93. The van der Waals surface area contributed by atoms with Crippen molar-refractivity contribution in [2.75, 3.05) is 0 Å². The van der Waals surface area contributed by atoms with E-state index in [-0.39, 0.29) is 48.4 Å². The number of hydrogen-bond donors (Lipinski definition) is 1. The number of furan rings is 1. The standard InChI is InChI=1S/C31H28N3O.C15H28O2.Ir/c1-17(2)16-21-9-6-8-20-13-15-24-27(33-30(18(3)4)34-28(24)26(20)21)25-11-7-10-22-23-14-12-19(5)32-31(23)35-29(22)25;1-7-14(5,8-2)12(16)11-13(17)15(6,9-3)10-4;/h6-10,12-15,17-18H,16H2,1-5H3;11,16H,7-10H2,1-6H3;/q-1;;/b;12-11-;. The van der Waals surface area contributed by atoms with Crippen LogP contribution in [0.15, 0.2) is 70.8 Å². The van der Waals surface area contributed by atoms with Crippen molar-refractivity contribution in [3.63, 3.8) is 0 Å². The molecule has 6 rings (SSSR count). The number of carbonyl (C=O) groups is 1. The maximum Gasteiger partial charge on any atom is 0.216 e. The van der Waals surface area contributed by atoms with Crippen LogP contribution in [0.25, 0.3) is 55.0 Å². The molecular formula is C46H56IrN3O3-. The number of aromatic nitrogens is 3. The number of hydrogen-bond acceptors (Lipinski definition) is 6. The number of rotatable bonds is 11. The molecule has 0 bridgehead atoms. The van der Waals surface area contributed by atoms with Crippen LogP contribution in [0.5, 0.6) is 0 Å². The summed E-state index contributed by atoms with van der Waals surface area (Å²) in [4.78, 5) is 27.0. The van der Waals surface area contributed by atoms with Gasteiger partial charge in [-0.25, -0.2) is 9.97 Å². The molecule has 6 aromatic rings. The van der Waals surface area contributed by atoms with Crippen LogP contribution in [-0.2, 0) is 31.3 Å². The number of carbonyl (C=O) groups excluding carboxylic acids is 1. The van der Waals surface area contributed by atoms with Gasteiger partial charge in [-0.05, 0) is 73.4 Å². The largest absolute Gasteiger partial charge is 0.512 e. The topological polar surface area (TPSA) is 89.1 Å². The second-order valence-electron chi connectivity index (χ2n) is 15.6. The molecule has 3 aromatic heterocycles. The van der Waals surface area contributed by atoms with Gasteiger partial charge in [0, 0.05) is 65.1 Å². The van der Waals surface area contributed by atoms with E-state index in [1.165, 1.54) is 22.4 Å². The fourth-order valence-electron chi connectivity index (χ4n) is 6.69. The van der Waals surface area contributed by atoms with Gasteiger partial charge in [-0.2, -0.15) is 0 Å². The predicted octanol–water partition coefficient (Wildman–Crippen LogP) is 12.8. The molecule has 1 radical (unpaired) electrons. The summed E-state index contributed by atoms with van der Waals surface area (Å²) in [6.07, 6.45) is 5.76. The van der Waals surface area contributed by atoms with Gasteiger partial charge in [-0.3, -0.25) is 9.78 Å². The van der Waals surface area contributed by atoms with Crippen molar-refractivity contribution in [2.24, 2.45) is 16.7 Å². The predicted molar refractivity (Wildman–Crippen MR) is 217 cm³/mol. The van der Waals surface area contributed by atoms with Crippen LogP contribution < -0.4 is 0 Å². The third-order valence-electron chi connectivity index (χ3n) is 11.2. The molecule has 0 saturated heterocycles. The fourth-order valence-corrected chi connectivity index (χ4v) is 6.69. The third-order valence-corrected chi connectivity index (χ3v) is 11.2. The normalized spacial score (nSPS) is 12.5. The Morgan fingerprint density at radius 3 is 2.13 bits per heavy atom. The van der Waals surface area contributed by atoms with Gasteiger partial charge in [0.15, 0.2) is 5.78 Å². The summed E-state index contributed by atoms with van der Waals surface area (Å²) >= 11 is 0. The summed E-state index contributed by atoms with van der Waals surface area (Å²) in [5.41, 5.74) is 5.79. The first kappa shape index (κ1) is 41.8. The summed E-state index contributed by atoms with van der Waals surface area (Å²) < 4.78 is 6.33. The number of aryl methyl sites for hydroxylation is 1.